The van der Waals surface area contributed by atoms with Gasteiger partial charge < -0.3 is 15.8 Å². The van der Waals surface area contributed by atoms with Crippen molar-refractivity contribution in [2.45, 2.75) is 5.03 Å². The van der Waals surface area contributed by atoms with Crippen LogP contribution >= 0.6 is 11.8 Å². The lowest BCUT2D eigenvalue weighted by Gasteiger charge is -2.08. The van der Waals surface area contributed by atoms with Crippen molar-refractivity contribution in [3.63, 3.8) is 0 Å². The van der Waals surface area contributed by atoms with Crippen LogP contribution < -0.4 is 15.8 Å². The number of ether oxygens (including phenoxy) is 1. The zero-order chi connectivity index (χ0) is 20.0. The van der Waals surface area contributed by atoms with Gasteiger partial charge in [0.05, 0.1) is 35.0 Å². The van der Waals surface area contributed by atoms with Gasteiger partial charge in [0.25, 0.3) is 5.69 Å². The summed E-state index contributed by atoms with van der Waals surface area (Å²) in [5.41, 5.74) is 5.49. The van der Waals surface area contributed by atoms with Crippen molar-refractivity contribution in [3.05, 3.63) is 45.5 Å². The maximum absolute atomic E-state index is 12.1. The number of aromatic nitrogens is 1. The van der Waals surface area contributed by atoms with Crippen LogP contribution in [0, 0.1) is 32.8 Å². The number of hydrogen-bond donors (Lipinski definition) is 2. The minimum absolute atomic E-state index is 0.0132. The van der Waals surface area contributed by atoms with E-state index in [1.54, 1.807) is 0 Å². The van der Waals surface area contributed by atoms with Crippen LogP contribution in [-0.2, 0) is 4.79 Å². The highest BCUT2D eigenvalue weighted by atomic mass is 32.2. The third kappa shape index (κ3) is 4.62. The molecule has 27 heavy (non-hydrogen) atoms. The molecule has 0 aliphatic carbocycles. The molecule has 1 aromatic carbocycles. The molecule has 0 aliphatic rings. The second kappa shape index (κ2) is 8.51. The van der Waals surface area contributed by atoms with Crippen molar-refractivity contribution < 1.29 is 14.5 Å². The predicted octanol–water partition coefficient (Wildman–Crippen LogP) is 2.05. The van der Waals surface area contributed by atoms with Gasteiger partial charge >= 0.3 is 0 Å². The quantitative estimate of drug-likeness (QED) is 0.430. The highest BCUT2D eigenvalue weighted by Crippen LogP contribution is 2.29. The Morgan fingerprint density at radius 2 is 2.07 bits per heavy atom. The van der Waals surface area contributed by atoms with Gasteiger partial charge in [0.2, 0.25) is 5.91 Å². The number of nitrogens with two attached hydrogens (primary N) is 1. The minimum Gasteiger partial charge on any atom is -0.496 e. The molecule has 2 aromatic rings. The Morgan fingerprint density at radius 3 is 2.67 bits per heavy atom. The fourth-order valence-electron chi connectivity index (χ4n) is 2.00. The first-order valence-corrected chi connectivity index (χ1v) is 8.24. The summed E-state index contributed by atoms with van der Waals surface area (Å²) in [6.45, 7) is 0. The molecule has 11 heteroatoms. The van der Waals surface area contributed by atoms with E-state index >= 15 is 0 Å². The van der Waals surface area contributed by atoms with Gasteiger partial charge in [-0.05, 0) is 18.2 Å². The smallest absolute Gasteiger partial charge is 0.296 e. The molecule has 1 heterocycles. The molecule has 1 aromatic heterocycles. The average molecular weight is 384 g/mol. The summed E-state index contributed by atoms with van der Waals surface area (Å²) in [6.07, 6.45) is 0. The summed E-state index contributed by atoms with van der Waals surface area (Å²) >= 11 is 0.925. The van der Waals surface area contributed by atoms with E-state index in [0.29, 0.717) is 0 Å². The van der Waals surface area contributed by atoms with Gasteiger partial charge in [-0.15, -0.1) is 0 Å². The van der Waals surface area contributed by atoms with Gasteiger partial charge in [-0.2, -0.15) is 10.5 Å². The summed E-state index contributed by atoms with van der Waals surface area (Å²) in [4.78, 5) is 26.6. The van der Waals surface area contributed by atoms with Crippen LogP contribution in [0.5, 0.6) is 5.75 Å². The zero-order valence-corrected chi connectivity index (χ0v) is 14.7. The number of pyridine rings is 1. The van der Waals surface area contributed by atoms with E-state index in [9.17, 15) is 14.9 Å². The number of carbonyl (C=O) groups is 1. The number of benzene rings is 1. The Morgan fingerprint density at radius 1 is 1.37 bits per heavy atom. The molecule has 0 fully saturated rings. The molecule has 0 spiro atoms. The number of methoxy groups -OCH3 is 1. The highest BCUT2D eigenvalue weighted by Gasteiger charge is 2.18. The monoisotopic (exact) mass is 384 g/mol. The van der Waals surface area contributed by atoms with Crippen LogP contribution in [0.3, 0.4) is 0 Å². The third-order valence-electron chi connectivity index (χ3n) is 3.27. The average Bonchev–Trinajstić information content (AvgIpc) is 2.66. The standard InChI is InChI=1S/C16H12N6O4S/c1-26-11-2-3-12(13(5-11)22(24)25)20-14(23)8-27-16-10(7-18)4-9(6-17)15(19)21-16/h2-5H,8H2,1H3,(H2,19,21)(H,20,23). The van der Waals surface area contributed by atoms with Crippen LogP contribution in [-0.4, -0.2) is 28.7 Å². The van der Waals surface area contributed by atoms with E-state index in [0.717, 1.165) is 11.8 Å². The number of nitrogen functional groups attached to an aromatic ring is 1. The number of anilines is 2. The number of nitrogens with zero attached hydrogens (tertiary/aromatic N) is 4. The SMILES string of the molecule is COc1ccc(NC(=O)CSc2nc(N)c(C#N)cc2C#N)c([N+](=O)[O-])c1. The number of rotatable bonds is 6. The lowest BCUT2D eigenvalue weighted by Crippen LogP contribution is -2.15. The van der Waals surface area contributed by atoms with Crippen molar-refractivity contribution in [2.24, 2.45) is 0 Å². The minimum atomic E-state index is -0.637. The van der Waals surface area contributed by atoms with E-state index < -0.39 is 10.8 Å². The van der Waals surface area contributed by atoms with E-state index in [1.165, 1.54) is 31.4 Å². The van der Waals surface area contributed by atoms with Crippen LogP contribution in [0.2, 0.25) is 0 Å². The van der Waals surface area contributed by atoms with E-state index in [4.69, 9.17) is 21.0 Å². The zero-order valence-electron chi connectivity index (χ0n) is 13.9. The number of nitriles is 2. The largest absolute Gasteiger partial charge is 0.496 e. The number of carbonyl (C=O) groups excluding carboxylic acids is 1. The molecule has 0 unspecified atom stereocenters. The van der Waals surface area contributed by atoms with Crippen LogP contribution in [0.25, 0.3) is 0 Å². The van der Waals surface area contributed by atoms with Gasteiger partial charge in [0, 0.05) is 0 Å². The first-order valence-electron chi connectivity index (χ1n) is 7.25. The predicted molar refractivity (Wildman–Crippen MR) is 97.1 cm³/mol. The Bertz CT molecular complexity index is 996. The van der Waals surface area contributed by atoms with Crippen LogP contribution in [0.15, 0.2) is 29.3 Å². The lowest BCUT2D eigenvalue weighted by molar-refractivity contribution is -0.384. The van der Waals surface area contributed by atoms with Gasteiger partial charge in [-0.25, -0.2) is 4.98 Å². The highest BCUT2D eigenvalue weighted by molar-refractivity contribution is 8.00. The number of nitro groups is 1. The molecule has 136 valence electrons. The second-order valence-electron chi connectivity index (χ2n) is 4.97. The van der Waals surface area contributed by atoms with Gasteiger partial charge in [-0.1, -0.05) is 11.8 Å². The van der Waals surface area contributed by atoms with E-state index in [2.05, 4.69) is 10.3 Å². The maximum atomic E-state index is 12.1. The Balaban J connectivity index is 2.14. The van der Waals surface area contributed by atoms with Crippen molar-refractivity contribution in [1.29, 1.82) is 10.5 Å². The number of hydrogen-bond acceptors (Lipinski definition) is 9. The Hall–Kier alpha value is -3.83. The van der Waals surface area contributed by atoms with E-state index in [-0.39, 0.29) is 44.8 Å². The number of nitrogens with one attached hydrogen (secondary N) is 1. The van der Waals surface area contributed by atoms with Gasteiger partial charge in [0.15, 0.2) is 0 Å². The summed E-state index contributed by atoms with van der Waals surface area (Å²) in [7, 11) is 1.37. The number of amides is 1. The number of thioether (sulfide) groups is 1. The summed E-state index contributed by atoms with van der Waals surface area (Å²) in [5, 5.41) is 31.8. The van der Waals surface area contributed by atoms with Gasteiger partial charge in [0.1, 0.15) is 34.4 Å². The van der Waals surface area contributed by atoms with Crippen molar-refractivity contribution in [3.8, 4) is 17.9 Å². The second-order valence-corrected chi connectivity index (χ2v) is 5.94. The molecule has 0 aliphatic heterocycles. The molecule has 10 nitrogen and oxygen atoms in total. The third-order valence-corrected chi connectivity index (χ3v) is 4.26. The first-order chi connectivity index (χ1) is 12.9. The molecule has 3 N–H and O–H groups in total. The topological polar surface area (TPSA) is 168 Å². The maximum Gasteiger partial charge on any atom is 0.296 e. The Kier molecular flexibility index (Phi) is 6.14. The van der Waals surface area contributed by atoms with Crippen molar-refractivity contribution >= 4 is 34.9 Å². The molecule has 0 radical (unpaired) electrons. The van der Waals surface area contributed by atoms with Crippen LogP contribution in [0.1, 0.15) is 11.1 Å². The molecular formula is C16H12N6O4S. The van der Waals surface area contributed by atoms with Crippen molar-refractivity contribution in [2.75, 3.05) is 23.9 Å². The summed E-state index contributed by atoms with van der Waals surface area (Å²) in [5.74, 6) is -0.479. The first kappa shape index (κ1) is 19.5. The molecule has 0 atom stereocenters. The molecule has 2 rings (SSSR count). The van der Waals surface area contributed by atoms with E-state index in [1.807, 2.05) is 12.1 Å². The van der Waals surface area contributed by atoms with Gasteiger partial charge in [-0.3, -0.25) is 14.9 Å². The number of nitro benzene ring substituents is 1. The normalized spacial score (nSPS) is 9.74. The Labute approximate surface area is 157 Å². The van der Waals surface area contributed by atoms with Crippen molar-refractivity contribution in [1.82, 2.24) is 4.98 Å². The fraction of sp³-hybridized carbons (Fsp3) is 0.125. The molecule has 0 bridgehead atoms. The molecule has 0 saturated carbocycles. The summed E-state index contributed by atoms with van der Waals surface area (Å²) < 4.78 is 4.93. The lowest BCUT2D eigenvalue weighted by atomic mass is 10.2. The fourth-order valence-corrected chi connectivity index (χ4v) is 2.77. The molecule has 1 amide bonds. The van der Waals surface area contributed by atoms with Crippen LogP contribution in [0.4, 0.5) is 17.2 Å². The summed E-state index contributed by atoms with van der Waals surface area (Å²) in [6, 6.07) is 9.02. The molecular weight excluding hydrogens is 372 g/mol. The molecule has 0 saturated heterocycles.